The van der Waals surface area contributed by atoms with Crippen molar-refractivity contribution in [3.63, 3.8) is 0 Å². The number of allylic oxidation sites excluding steroid dienone is 11. The molecule has 2 aromatic rings. The van der Waals surface area contributed by atoms with Gasteiger partial charge in [0.1, 0.15) is 0 Å². The van der Waals surface area contributed by atoms with E-state index in [1.807, 2.05) is 0 Å². The van der Waals surface area contributed by atoms with Crippen LogP contribution in [0.3, 0.4) is 0 Å². The maximum atomic E-state index is 4.46. The lowest BCUT2D eigenvalue weighted by atomic mass is 9.71. The Labute approximate surface area is 225 Å². The van der Waals surface area contributed by atoms with Crippen LogP contribution in [0.1, 0.15) is 76.1 Å². The molecule has 0 heteroatoms. The minimum absolute atomic E-state index is 0.0318. The second kappa shape index (κ2) is 10.7. The lowest BCUT2D eigenvalue weighted by molar-refractivity contribution is 0.343. The van der Waals surface area contributed by atoms with Crippen molar-refractivity contribution < 1.29 is 0 Å². The zero-order chi connectivity index (χ0) is 26.8. The molecule has 2 aliphatic rings. The molecule has 0 bridgehead atoms. The highest BCUT2D eigenvalue weighted by Gasteiger charge is 2.29. The molecule has 0 heterocycles. The monoisotopic (exact) mass is 488 g/mol. The SMILES string of the molecule is C=C(C1=CCC(C(C)(C)C=CC)C=C1)c1ccc(C2C=C(C(C)(C)c3ccc(C)cc3)C=CC2C)cc1. The summed E-state index contributed by atoms with van der Waals surface area (Å²) in [6.45, 7) is 20.3. The van der Waals surface area contributed by atoms with Gasteiger partial charge in [-0.3, -0.25) is 0 Å². The number of rotatable bonds is 7. The Morgan fingerprint density at radius 3 is 2.19 bits per heavy atom. The first-order valence-corrected chi connectivity index (χ1v) is 13.8. The minimum atomic E-state index is -0.0318. The first-order valence-electron chi connectivity index (χ1n) is 13.8. The molecule has 0 amide bonds. The van der Waals surface area contributed by atoms with Crippen LogP contribution in [0.15, 0.2) is 115 Å². The molecule has 0 radical (unpaired) electrons. The second-order valence-electron chi connectivity index (χ2n) is 12.1. The largest absolute Gasteiger partial charge is 0.0911 e. The summed E-state index contributed by atoms with van der Waals surface area (Å²) in [5.41, 5.74) is 9.12. The van der Waals surface area contributed by atoms with Crippen LogP contribution in [0.25, 0.3) is 5.57 Å². The molecule has 0 N–H and O–H groups in total. The van der Waals surface area contributed by atoms with Gasteiger partial charge in [-0.1, -0.05) is 144 Å². The highest BCUT2D eigenvalue weighted by Crippen LogP contribution is 2.41. The predicted octanol–water partition coefficient (Wildman–Crippen LogP) is 10.3. The normalized spacial score (nSPS) is 22.2. The van der Waals surface area contributed by atoms with Crippen molar-refractivity contribution in [1.29, 1.82) is 0 Å². The molecule has 2 aliphatic carbocycles. The third kappa shape index (κ3) is 5.74. The van der Waals surface area contributed by atoms with Crippen LogP contribution in [0.5, 0.6) is 0 Å². The van der Waals surface area contributed by atoms with E-state index in [1.165, 1.54) is 33.4 Å². The fourth-order valence-electron chi connectivity index (χ4n) is 5.75. The molecule has 2 aromatic carbocycles. The topological polar surface area (TPSA) is 0 Å². The molecular formula is C37H44. The summed E-state index contributed by atoms with van der Waals surface area (Å²) >= 11 is 0. The third-order valence-corrected chi connectivity index (χ3v) is 8.64. The van der Waals surface area contributed by atoms with Gasteiger partial charge in [0, 0.05) is 11.3 Å². The van der Waals surface area contributed by atoms with Gasteiger partial charge < -0.3 is 0 Å². The van der Waals surface area contributed by atoms with Crippen LogP contribution in [0.2, 0.25) is 0 Å². The Hall–Kier alpha value is -3.12. The van der Waals surface area contributed by atoms with Gasteiger partial charge in [0.2, 0.25) is 0 Å². The molecule has 0 saturated heterocycles. The fraction of sp³-hybridized carbons (Fsp3) is 0.351. The number of benzene rings is 2. The predicted molar refractivity (Wildman–Crippen MR) is 163 cm³/mol. The van der Waals surface area contributed by atoms with E-state index in [4.69, 9.17) is 0 Å². The smallest absolute Gasteiger partial charge is 0.0143 e. The highest BCUT2D eigenvalue weighted by atomic mass is 14.3. The van der Waals surface area contributed by atoms with Crippen molar-refractivity contribution in [1.82, 2.24) is 0 Å². The zero-order valence-electron chi connectivity index (χ0n) is 23.9. The third-order valence-electron chi connectivity index (χ3n) is 8.64. The van der Waals surface area contributed by atoms with E-state index in [1.54, 1.807) is 0 Å². The summed E-state index contributed by atoms with van der Waals surface area (Å²) in [5, 5.41) is 0. The van der Waals surface area contributed by atoms with Crippen LogP contribution >= 0.6 is 0 Å². The van der Waals surface area contributed by atoms with Crippen molar-refractivity contribution in [2.24, 2.45) is 17.3 Å². The summed E-state index contributed by atoms with van der Waals surface area (Å²) in [4.78, 5) is 0. The van der Waals surface area contributed by atoms with Gasteiger partial charge in [-0.05, 0) is 70.9 Å². The summed E-state index contributed by atoms with van der Waals surface area (Å²) < 4.78 is 0. The van der Waals surface area contributed by atoms with Crippen molar-refractivity contribution in [3.8, 4) is 0 Å². The molecular weight excluding hydrogens is 444 g/mol. The molecule has 0 aromatic heterocycles. The van der Waals surface area contributed by atoms with E-state index >= 15 is 0 Å². The molecule has 0 fully saturated rings. The van der Waals surface area contributed by atoms with Crippen molar-refractivity contribution in [3.05, 3.63) is 137 Å². The summed E-state index contributed by atoms with van der Waals surface area (Å²) in [6.07, 6.45) is 19.7. The van der Waals surface area contributed by atoms with Gasteiger partial charge in [-0.25, -0.2) is 0 Å². The van der Waals surface area contributed by atoms with E-state index in [0.717, 1.165) is 12.0 Å². The fourth-order valence-corrected chi connectivity index (χ4v) is 5.75. The highest BCUT2D eigenvalue weighted by molar-refractivity contribution is 5.80. The molecule has 4 rings (SSSR count). The van der Waals surface area contributed by atoms with Gasteiger partial charge in [0.25, 0.3) is 0 Å². The zero-order valence-corrected chi connectivity index (χ0v) is 23.9. The number of hydrogen-bond donors (Lipinski definition) is 0. The second-order valence-corrected chi connectivity index (χ2v) is 12.1. The van der Waals surface area contributed by atoms with E-state index < -0.39 is 0 Å². The van der Waals surface area contributed by atoms with Crippen molar-refractivity contribution in [2.45, 2.75) is 66.2 Å². The molecule has 0 saturated carbocycles. The van der Waals surface area contributed by atoms with Crippen LogP contribution in [0, 0.1) is 24.2 Å². The Morgan fingerprint density at radius 2 is 1.59 bits per heavy atom. The van der Waals surface area contributed by atoms with Gasteiger partial charge in [0.15, 0.2) is 0 Å². The Morgan fingerprint density at radius 1 is 0.919 bits per heavy atom. The average molecular weight is 489 g/mol. The lowest BCUT2D eigenvalue weighted by Gasteiger charge is -2.33. The Balaban J connectivity index is 1.51. The summed E-state index contributed by atoms with van der Waals surface area (Å²) in [5.74, 6) is 1.36. The van der Waals surface area contributed by atoms with Gasteiger partial charge >= 0.3 is 0 Å². The van der Waals surface area contributed by atoms with Crippen LogP contribution in [0.4, 0.5) is 0 Å². The number of hydrogen-bond acceptors (Lipinski definition) is 0. The van der Waals surface area contributed by atoms with Crippen molar-refractivity contribution in [2.75, 3.05) is 0 Å². The molecule has 192 valence electrons. The van der Waals surface area contributed by atoms with Crippen LogP contribution in [-0.4, -0.2) is 0 Å². The van der Waals surface area contributed by atoms with Crippen LogP contribution < -0.4 is 0 Å². The van der Waals surface area contributed by atoms with E-state index in [2.05, 4.69) is 152 Å². The van der Waals surface area contributed by atoms with Gasteiger partial charge in [-0.2, -0.15) is 0 Å². The lowest BCUT2D eigenvalue weighted by Crippen LogP contribution is -2.23. The van der Waals surface area contributed by atoms with E-state index in [0.29, 0.717) is 17.8 Å². The molecule has 0 nitrogen and oxygen atoms in total. The van der Waals surface area contributed by atoms with E-state index in [9.17, 15) is 0 Å². The Kier molecular flexibility index (Phi) is 7.79. The Bertz CT molecular complexity index is 1270. The number of aryl methyl sites for hydroxylation is 1. The van der Waals surface area contributed by atoms with Crippen molar-refractivity contribution >= 4 is 5.57 Å². The maximum Gasteiger partial charge on any atom is 0.0143 e. The average Bonchev–Trinajstić information content (AvgIpc) is 2.89. The minimum Gasteiger partial charge on any atom is -0.0911 e. The first kappa shape index (κ1) is 26.9. The summed E-state index contributed by atoms with van der Waals surface area (Å²) in [7, 11) is 0. The molecule has 3 unspecified atom stereocenters. The molecule has 0 aliphatic heterocycles. The quantitative estimate of drug-likeness (QED) is 0.340. The molecule has 0 spiro atoms. The standard InChI is InChI=1S/C37H44/c1-9-24-36(5,6)32-22-17-30(18-23-32)28(4)29-13-15-31(16-14-29)35-25-34(21-12-27(35)3)37(7,8)33-19-10-26(2)11-20-33/h9-22,24-25,27,32,35H,4,23H2,1-3,5-8H3. The van der Waals surface area contributed by atoms with Crippen LogP contribution in [-0.2, 0) is 5.41 Å². The first-order chi connectivity index (χ1) is 17.5. The van der Waals surface area contributed by atoms with E-state index in [-0.39, 0.29) is 10.8 Å². The molecule has 37 heavy (non-hydrogen) atoms. The summed E-state index contributed by atoms with van der Waals surface area (Å²) in [6, 6.07) is 18.1. The van der Waals surface area contributed by atoms with Gasteiger partial charge in [0.05, 0.1) is 0 Å². The van der Waals surface area contributed by atoms with Gasteiger partial charge in [-0.15, -0.1) is 0 Å². The maximum absolute atomic E-state index is 4.46. The molecule has 3 atom stereocenters.